The van der Waals surface area contributed by atoms with Crippen LogP contribution in [0.3, 0.4) is 0 Å². The van der Waals surface area contributed by atoms with Gasteiger partial charge in [0.15, 0.2) is 5.78 Å². The van der Waals surface area contributed by atoms with Gasteiger partial charge in [-0.3, -0.25) is 9.48 Å². The molecule has 1 aromatic heterocycles. The van der Waals surface area contributed by atoms with Crippen LogP contribution in [-0.2, 0) is 7.05 Å². The second kappa shape index (κ2) is 6.10. The van der Waals surface area contributed by atoms with Crippen LogP contribution in [0, 0.1) is 0 Å². The van der Waals surface area contributed by atoms with Gasteiger partial charge in [-0.25, -0.2) is 0 Å². The number of nitrogens with zero attached hydrogens (tertiary/aromatic N) is 2. The van der Waals surface area contributed by atoms with Crippen molar-refractivity contribution in [1.82, 2.24) is 9.78 Å². The molecule has 0 amide bonds. The van der Waals surface area contributed by atoms with Crippen molar-refractivity contribution in [3.8, 4) is 5.75 Å². The molecule has 0 N–H and O–H groups in total. The molecule has 0 bridgehead atoms. The molecule has 0 saturated carbocycles. The maximum absolute atomic E-state index is 12.0. The molecule has 0 fully saturated rings. The lowest BCUT2D eigenvalue weighted by molar-refractivity contribution is -0.0498. The molecule has 0 aliphatic carbocycles. The lowest BCUT2D eigenvalue weighted by atomic mass is 10.1. The number of ether oxygens (including phenoxy) is 1. The Bertz CT molecular complexity index is 618. The molecule has 2 rings (SSSR count). The van der Waals surface area contributed by atoms with E-state index in [2.05, 4.69) is 9.84 Å². The quantitative estimate of drug-likeness (QED) is 0.624. The van der Waals surface area contributed by atoms with E-state index in [1.54, 1.807) is 30.1 Å². The van der Waals surface area contributed by atoms with Crippen LogP contribution in [0.5, 0.6) is 5.75 Å². The molecule has 0 spiro atoms. The zero-order valence-corrected chi connectivity index (χ0v) is 10.7. The third-order valence-electron chi connectivity index (χ3n) is 2.50. The number of ketones is 1. The highest BCUT2D eigenvalue weighted by molar-refractivity contribution is 6.06. The summed E-state index contributed by atoms with van der Waals surface area (Å²) in [5, 5.41) is 4.10. The predicted molar refractivity (Wildman–Crippen MR) is 69.6 cm³/mol. The Kier molecular flexibility index (Phi) is 4.24. The standard InChI is InChI=1S/C14H12F2N2O2/c1-18-9-8-11(17-18)4-7-13(19)10-2-5-12(6-3-10)20-14(15)16/h2-9,14H,1H3/b7-4+. The Balaban J connectivity index is 2.04. The topological polar surface area (TPSA) is 44.1 Å². The fourth-order valence-electron chi connectivity index (χ4n) is 1.58. The number of rotatable bonds is 5. The third-order valence-corrected chi connectivity index (χ3v) is 2.50. The van der Waals surface area contributed by atoms with Crippen molar-refractivity contribution < 1.29 is 18.3 Å². The number of alkyl halides is 2. The molecular weight excluding hydrogens is 266 g/mol. The highest BCUT2D eigenvalue weighted by atomic mass is 19.3. The number of carbonyl (C=O) groups excluding carboxylic acids is 1. The average Bonchev–Trinajstić information content (AvgIpc) is 2.82. The van der Waals surface area contributed by atoms with Crippen molar-refractivity contribution in [1.29, 1.82) is 0 Å². The van der Waals surface area contributed by atoms with Crippen LogP contribution in [-0.4, -0.2) is 22.2 Å². The van der Waals surface area contributed by atoms with Gasteiger partial charge in [-0.15, -0.1) is 0 Å². The van der Waals surface area contributed by atoms with Crippen LogP contribution in [0.15, 0.2) is 42.6 Å². The number of benzene rings is 1. The zero-order valence-electron chi connectivity index (χ0n) is 10.7. The smallest absolute Gasteiger partial charge is 0.387 e. The van der Waals surface area contributed by atoms with E-state index >= 15 is 0 Å². The Morgan fingerprint density at radius 3 is 2.55 bits per heavy atom. The number of aromatic nitrogens is 2. The fraction of sp³-hybridized carbons (Fsp3) is 0.143. The summed E-state index contributed by atoms with van der Waals surface area (Å²) in [5.41, 5.74) is 1.05. The summed E-state index contributed by atoms with van der Waals surface area (Å²) < 4.78 is 29.8. The lowest BCUT2D eigenvalue weighted by Gasteiger charge is -2.04. The van der Waals surface area contributed by atoms with Gasteiger partial charge in [0.2, 0.25) is 0 Å². The van der Waals surface area contributed by atoms with E-state index in [1.165, 1.54) is 30.3 Å². The highest BCUT2D eigenvalue weighted by Gasteiger charge is 2.06. The zero-order chi connectivity index (χ0) is 14.5. The number of halogens is 2. The molecule has 0 unspecified atom stereocenters. The summed E-state index contributed by atoms with van der Waals surface area (Å²) in [6.45, 7) is -2.87. The molecule has 0 radical (unpaired) electrons. The first-order chi connectivity index (χ1) is 9.54. The SMILES string of the molecule is Cn1ccc(/C=C/C(=O)c2ccc(OC(F)F)cc2)n1. The second-order valence-corrected chi connectivity index (χ2v) is 4.01. The minimum Gasteiger partial charge on any atom is -0.435 e. The van der Waals surface area contributed by atoms with Crippen LogP contribution in [0.1, 0.15) is 16.1 Å². The van der Waals surface area contributed by atoms with Gasteiger partial charge in [0.1, 0.15) is 5.75 Å². The van der Waals surface area contributed by atoms with E-state index in [4.69, 9.17) is 0 Å². The normalized spacial score (nSPS) is 11.2. The fourth-order valence-corrected chi connectivity index (χ4v) is 1.58. The van der Waals surface area contributed by atoms with E-state index in [9.17, 15) is 13.6 Å². The number of carbonyl (C=O) groups is 1. The van der Waals surface area contributed by atoms with Gasteiger partial charge in [-0.05, 0) is 42.5 Å². The van der Waals surface area contributed by atoms with Gasteiger partial charge < -0.3 is 4.74 Å². The van der Waals surface area contributed by atoms with E-state index in [0.29, 0.717) is 11.3 Å². The third kappa shape index (κ3) is 3.74. The van der Waals surface area contributed by atoms with Gasteiger partial charge in [0, 0.05) is 18.8 Å². The first-order valence-corrected chi connectivity index (χ1v) is 5.81. The van der Waals surface area contributed by atoms with Gasteiger partial charge in [0.05, 0.1) is 5.69 Å². The Morgan fingerprint density at radius 2 is 2.00 bits per heavy atom. The van der Waals surface area contributed by atoms with Crippen molar-refractivity contribution in [3.05, 3.63) is 53.9 Å². The molecule has 1 aromatic carbocycles. The largest absolute Gasteiger partial charge is 0.435 e. The summed E-state index contributed by atoms with van der Waals surface area (Å²) in [4.78, 5) is 11.8. The molecule has 0 atom stereocenters. The van der Waals surface area contributed by atoms with Crippen LogP contribution < -0.4 is 4.74 Å². The molecule has 20 heavy (non-hydrogen) atoms. The Morgan fingerprint density at radius 1 is 1.30 bits per heavy atom. The molecule has 0 saturated heterocycles. The first-order valence-electron chi connectivity index (χ1n) is 5.81. The molecule has 4 nitrogen and oxygen atoms in total. The molecular formula is C14H12F2N2O2. The Labute approximate surface area is 114 Å². The predicted octanol–water partition coefficient (Wildman–Crippen LogP) is 2.92. The van der Waals surface area contributed by atoms with Crippen LogP contribution in [0.25, 0.3) is 6.08 Å². The van der Waals surface area contributed by atoms with Gasteiger partial charge in [0.25, 0.3) is 0 Å². The molecule has 0 aliphatic heterocycles. The maximum Gasteiger partial charge on any atom is 0.387 e. The van der Waals surface area contributed by atoms with Crippen molar-refractivity contribution in [3.63, 3.8) is 0 Å². The maximum atomic E-state index is 12.0. The lowest BCUT2D eigenvalue weighted by Crippen LogP contribution is -2.02. The highest BCUT2D eigenvalue weighted by Crippen LogP contribution is 2.15. The van der Waals surface area contributed by atoms with E-state index < -0.39 is 6.61 Å². The van der Waals surface area contributed by atoms with E-state index in [1.807, 2.05) is 0 Å². The van der Waals surface area contributed by atoms with Gasteiger partial charge in [-0.1, -0.05) is 0 Å². The number of hydrogen-bond donors (Lipinski definition) is 0. The molecule has 1 heterocycles. The monoisotopic (exact) mass is 278 g/mol. The van der Waals surface area contributed by atoms with Crippen LogP contribution >= 0.6 is 0 Å². The number of aryl methyl sites for hydroxylation is 1. The van der Waals surface area contributed by atoms with Crippen LogP contribution in [0.4, 0.5) is 8.78 Å². The van der Waals surface area contributed by atoms with Crippen molar-refractivity contribution in [2.75, 3.05) is 0 Å². The minimum atomic E-state index is -2.87. The van der Waals surface area contributed by atoms with Gasteiger partial charge >= 0.3 is 6.61 Å². The summed E-state index contributed by atoms with van der Waals surface area (Å²) in [5.74, 6) is -0.218. The van der Waals surface area contributed by atoms with Crippen molar-refractivity contribution in [2.45, 2.75) is 6.61 Å². The molecule has 2 aromatic rings. The Hall–Kier alpha value is -2.50. The molecule has 104 valence electrons. The average molecular weight is 278 g/mol. The summed E-state index contributed by atoms with van der Waals surface area (Å²) in [6.07, 6.45) is 4.73. The second-order valence-electron chi connectivity index (χ2n) is 4.01. The number of hydrogen-bond acceptors (Lipinski definition) is 3. The summed E-state index contributed by atoms with van der Waals surface area (Å²) in [7, 11) is 1.78. The van der Waals surface area contributed by atoms with E-state index in [0.717, 1.165) is 0 Å². The van der Waals surface area contributed by atoms with Crippen molar-refractivity contribution >= 4 is 11.9 Å². The molecule has 6 heteroatoms. The minimum absolute atomic E-state index is 0.0188. The summed E-state index contributed by atoms with van der Waals surface area (Å²) >= 11 is 0. The van der Waals surface area contributed by atoms with Gasteiger partial charge in [-0.2, -0.15) is 13.9 Å². The first kappa shape index (κ1) is 13.9. The summed E-state index contributed by atoms with van der Waals surface area (Å²) in [6, 6.07) is 7.29. The van der Waals surface area contributed by atoms with E-state index in [-0.39, 0.29) is 11.5 Å². The van der Waals surface area contributed by atoms with Crippen LogP contribution in [0.2, 0.25) is 0 Å². The molecule has 0 aliphatic rings. The van der Waals surface area contributed by atoms with Crippen molar-refractivity contribution in [2.24, 2.45) is 7.05 Å². The number of allylic oxidation sites excluding steroid dienone is 1.